The molecule has 118 valence electrons. The Bertz CT molecular complexity index is 768. The molecule has 3 aromatic rings. The SMILES string of the molecule is Cc1ccc2c(c1)Sc1ccc(C)cc1S2.Cc1csc(C)n1. The Morgan fingerprint density at radius 2 is 1.22 bits per heavy atom. The van der Waals surface area contributed by atoms with Gasteiger partial charge in [0.1, 0.15) is 0 Å². The third-order valence-electron chi connectivity index (χ3n) is 3.37. The molecule has 4 heteroatoms. The van der Waals surface area contributed by atoms with E-state index in [1.165, 1.54) is 30.7 Å². The molecular formula is C19H19NS3. The molecule has 1 aliphatic heterocycles. The molecule has 1 nitrogen and oxygen atoms in total. The van der Waals surface area contributed by atoms with Gasteiger partial charge in [-0.3, -0.25) is 0 Å². The van der Waals surface area contributed by atoms with Gasteiger partial charge in [-0.25, -0.2) is 4.98 Å². The van der Waals surface area contributed by atoms with Gasteiger partial charge in [0.05, 0.1) is 5.01 Å². The number of thiazole rings is 1. The molecule has 0 unspecified atom stereocenters. The maximum Gasteiger partial charge on any atom is 0.0897 e. The highest BCUT2D eigenvalue weighted by Crippen LogP contribution is 2.48. The lowest BCUT2D eigenvalue weighted by Crippen LogP contribution is -1.90. The van der Waals surface area contributed by atoms with Crippen molar-refractivity contribution in [2.24, 2.45) is 0 Å². The average molecular weight is 358 g/mol. The molecule has 23 heavy (non-hydrogen) atoms. The fraction of sp³-hybridized carbons (Fsp3) is 0.211. The van der Waals surface area contributed by atoms with Crippen molar-refractivity contribution in [3.05, 3.63) is 63.6 Å². The Labute approximate surface area is 150 Å². The Morgan fingerprint density at radius 3 is 1.57 bits per heavy atom. The number of fused-ring (bicyclic) bond motifs is 2. The van der Waals surface area contributed by atoms with Gasteiger partial charge in [-0.2, -0.15) is 0 Å². The van der Waals surface area contributed by atoms with Crippen molar-refractivity contribution in [3.8, 4) is 0 Å². The summed E-state index contributed by atoms with van der Waals surface area (Å²) in [5.74, 6) is 0. The van der Waals surface area contributed by atoms with Gasteiger partial charge in [-0.15, -0.1) is 11.3 Å². The van der Waals surface area contributed by atoms with Crippen molar-refractivity contribution in [3.63, 3.8) is 0 Å². The van der Waals surface area contributed by atoms with Crippen LogP contribution < -0.4 is 0 Å². The van der Waals surface area contributed by atoms with E-state index in [4.69, 9.17) is 0 Å². The van der Waals surface area contributed by atoms with E-state index in [-0.39, 0.29) is 0 Å². The van der Waals surface area contributed by atoms with Crippen LogP contribution in [-0.4, -0.2) is 4.98 Å². The third-order valence-corrected chi connectivity index (χ3v) is 6.79. The van der Waals surface area contributed by atoms with Crippen LogP contribution in [0.4, 0.5) is 0 Å². The van der Waals surface area contributed by atoms with Crippen LogP contribution in [0.5, 0.6) is 0 Å². The van der Waals surface area contributed by atoms with E-state index in [2.05, 4.69) is 60.6 Å². The first-order chi connectivity index (χ1) is 11.0. The number of hydrogen-bond acceptors (Lipinski definition) is 4. The zero-order chi connectivity index (χ0) is 16.4. The lowest BCUT2D eigenvalue weighted by Gasteiger charge is -2.18. The predicted octanol–water partition coefficient (Wildman–Crippen LogP) is 6.68. The third kappa shape index (κ3) is 4.19. The van der Waals surface area contributed by atoms with Crippen LogP contribution in [0, 0.1) is 27.7 Å². The fourth-order valence-electron chi connectivity index (χ4n) is 2.27. The van der Waals surface area contributed by atoms with Gasteiger partial charge in [0.2, 0.25) is 0 Å². The summed E-state index contributed by atoms with van der Waals surface area (Å²) in [5.41, 5.74) is 3.80. The van der Waals surface area contributed by atoms with Gasteiger partial charge in [0.25, 0.3) is 0 Å². The second-order valence-electron chi connectivity index (χ2n) is 5.61. The molecule has 0 N–H and O–H groups in total. The molecule has 0 radical (unpaired) electrons. The van der Waals surface area contributed by atoms with Crippen molar-refractivity contribution in [2.75, 3.05) is 0 Å². The molecule has 4 rings (SSSR count). The summed E-state index contributed by atoms with van der Waals surface area (Å²) in [6.45, 7) is 8.31. The minimum Gasteiger partial charge on any atom is -0.247 e. The van der Waals surface area contributed by atoms with E-state index in [0.29, 0.717) is 0 Å². The monoisotopic (exact) mass is 357 g/mol. The minimum absolute atomic E-state index is 1.13. The number of benzene rings is 2. The molecule has 2 heterocycles. The number of aromatic nitrogens is 1. The van der Waals surface area contributed by atoms with Gasteiger partial charge in [0, 0.05) is 30.7 Å². The lowest BCUT2D eigenvalue weighted by molar-refractivity contribution is 1.13. The fourth-order valence-corrected chi connectivity index (χ4v) is 5.25. The first-order valence-corrected chi connectivity index (χ1v) is 9.98. The standard InChI is InChI=1S/C14H12S2.C5H7NS/c1-9-3-5-11-13(7-9)15-12-6-4-10(2)8-14(12)16-11;1-4-3-7-5(2)6-4/h3-8H,1-2H3;3H,1-2H3. The molecule has 0 amide bonds. The number of nitrogens with zero attached hydrogens (tertiary/aromatic N) is 1. The topological polar surface area (TPSA) is 12.9 Å². The van der Waals surface area contributed by atoms with Gasteiger partial charge >= 0.3 is 0 Å². The second kappa shape index (κ2) is 7.12. The highest BCUT2D eigenvalue weighted by atomic mass is 32.2. The van der Waals surface area contributed by atoms with E-state index in [9.17, 15) is 0 Å². The normalized spacial score (nSPS) is 12.0. The molecule has 0 saturated heterocycles. The van der Waals surface area contributed by atoms with Crippen molar-refractivity contribution in [1.29, 1.82) is 0 Å². The van der Waals surface area contributed by atoms with E-state index in [1.54, 1.807) is 11.3 Å². The highest BCUT2D eigenvalue weighted by Gasteiger charge is 2.16. The smallest absolute Gasteiger partial charge is 0.0897 e. The van der Waals surface area contributed by atoms with Gasteiger partial charge in [-0.1, -0.05) is 35.7 Å². The van der Waals surface area contributed by atoms with Gasteiger partial charge in [0.15, 0.2) is 0 Å². The van der Waals surface area contributed by atoms with Crippen molar-refractivity contribution in [2.45, 2.75) is 47.3 Å². The maximum absolute atomic E-state index is 4.13. The van der Waals surface area contributed by atoms with Crippen LogP contribution in [0.2, 0.25) is 0 Å². The van der Waals surface area contributed by atoms with E-state index < -0.39 is 0 Å². The van der Waals surface area contributed by atoms with Gasteiger partial charge < -0.3 is 0 Å². The highest BCUT2D eigenvalue weighted by molar-refractivity contribution is 8.05. The van der Waals surface area contributed by atoms with Crippen molar-refractivity contribution < 1.29 is 0 Å². The van der Waals surface area contributed by atoms with Gasteiger partial charge in [-0.05, 0) is 63.1 Å². The number of hydrogen-bond donors (Lipinski definition) is 0. The Hall–Kier alpha value is -1.23. The van der Waals surface area contributed by atoms with Crippen LogP contribution in [-0.2, 0) is 0 Å². The molecule has 0 bridgehead atoms. The summed E-state index contributed by atoms with van der Waals surface area (Å²) in [6, 6.07) is 13.4. The van der Waals surface area contributed by atoms with E-state index in [0.717, 1.165) is 10.7 Å². The Balaban J connectivity index is 0.000000188. The summed E-state index contributed by atoms with van der Waals surface area (Å²) >= 11 is 5.46. The van der Waals surface area contributed by atoms with Crippen LogP contribution >= 0.6 is 34.9 Å². The first kappa shape index (κ1) is 16.6. The Morgan fingerprint density at radius 1 is 0.696 bits per heavy atom. The molecule has 1 aromatic heterocycles. The van der Waals surface area contributed by atoms with Crippen LogP contribution in [0.25, 0.3) is 0 Å². The quantitative estimate of drug-likeness (QED) is 0.348. The zero-order valence-electron chi connectivity index (χ0n) is 13.7. The zero-order valence-corrected chi connectivity index (χ0v) is 16.2. The van der Waals surface area contributed by atoms with Crippen molar-refractivity contribution in [1.82, 2.24) is 4.98 Å². The minimum atomic E-state index is 1.13. The molecule has 0 saturated carbocycles. The average Bonchev–Trinajstić information content (AvgIpc) is 2.89. The van der Waals surface area contributed by atoms with E-state index >= 15 is 0 Å². The molecule has 1 aliphatic rings. The summed E-state index contributed by atoms with van der Waals surface area (Å²) in [4.78, 5) is 9.68. The first-order valence-electron chi connectivity index (χ1n) is 7.47. The summed E-state index contributed by atoms with van der Waals surface area (Å²) in [6.07, 6.45) is 0. The largest absolute Gasteiger partial charge is 0.247 e. The van der Waals surface area contributed by atoms with Crippen LogP contribution in [0.15, 0.2) is 61.4 Å². The Kier molecular flexibility index (Phi) is 5.14. The predicted molar refractivity (Wildman–Crippen MR) is 102 cm³/mol. The molecule has 0 spiro atoms. The molecule has 2 aromatic carbocycles. The van der Waals surface area contributed by atoms with Crippen LogP contribution in [0.1, 0.15) is 21.8 Å². The van der Waals surface area contributed by atoms with Crippen molar-refractivity contribution >= 4 is 34.9 Å². The maximum atomic E-state index is 4.13. The summed E-state index contributed by atoms with van der Waals surface area (Å²) in [5, 5.41) is 3.20. The number of rotatable bonds is 0. The molecule has 0 atom stereocenters. The second-order valence-corrected chi connectivity index (χ2v) is 8.84. The lowest BCUT2D eigenvalue weighted by atomic mass is 10.2. The van der Waals surface area contributed by atoms with E-state index in [1.807, 2.05) is 37.4 Å². The molecule has 0 fully saturated rings. The summed E-state index contributed by atoms with van der Waals surface area (Å²) in [7, 11) is 0. The molecular weight excluding hydrogens is 338 g/mol. The number of aryl methyl sites for hydroxylation is 4. The summed E-state index contributed by atoms with van der Waals surface area (Å²) < 4.78 is 0. The van der Waals surface area contributed by atoms with Crippen LogP contribution in [0.3, 0.4) is 0 Å². The molecule has 0 aliphatic carbocycles.